The van der Waals surface area contributed by atoms with Crippen LogP contribution in [0.4, 0.5) is 61.3 Å². The topological polar surface area (TPSA) is 407 Å². The van der Waals surface area contributed by atoms with E-state index in [1.807, 2.05) is 13.8 Å². The van der Waals surface area contributed by atoms with E-state index in [1.54, 1.807) is 245 Å². The smallest absolute Gasteiger partial charge is 0.291 e. The molecule has 708 valence electrons. The van der Waals surface area contributed by atoms with Crippen LogP contribution in [-0.2, 0) is 39.3 Å². The molecule has 0 aliphatic carbocycles. The van der Waals surface area contributed by atoms with Gasteiger partial charge in [-0.25, -0.2) is 27.8 Å². The number of Topliss-reactive ketones (excluding diaryl/α,β-unsaturated/α-hetero) is 5. The number of hydrogen-bond donors (Lipinski definition) is 7. The molecule has 29 nitrogen and oxygen atoms in total. The van der Waals surface area contributed by atoms with E-state index in [2.05, 4.69) is 58.1 Å². The third-order valence-electron chi connectivity index (χ3n) is 20.9. The standard InChI is InChI=1S/C21H19ClN4O3.C21H17ClN4O2.C21H20ClN3O3.C20H17Cl2N3O2.C20H17ClFN3O2/c1-3-26-21(29)19(24-16-9-5-7-14(11-16)20(23)28)17(12(2)27)18(25-26)13-6-4-8-15(22)10-13;1-3-26-21(28)20(24-17-9-4-6-14(10-17)12-23)18(13(2)27)19(25-26)15-7-5-8-16(22)11-15;1-3-25-21(28)20(23-17-9-7-14(12-26)8-10-17)18(13(2)27)19(24-25)15-5-4-6-16(22)11-15;2*1-3-25-20(27)19(23-16-10-5-4-9-15(16)22)17(12(2)26)18(24-25)13-7-6-8-14(21)11-13/h4-11,24H,3H2,1-2H3,(H2,23,28);4-11,24H,3H2,1-2H3;4-11,23,26H,3,12H2,1-2H3;2*4-11,23H,3H2,1-2H3. The average Bonchev–Trinajstić information content (AvgIpc) is 0.786. The Bertz CT molecular complexity index is 7460. The van der Waals surface area contributed by atoms with E-state index in [0.717, 1.165) is 5.56 Å². The summed E-state index contributed by atoms with van der Waals surface area (Å²) in [6, 6.07) is 69.8. The number of aryl methyl sites for hydroxylation is 5. The number of primary amides is 1. The molecule has 8 N–H and O–H groups in total. The van der Waals surface area contributed by atoms with Gasteiger partial charge in [0.1, 0.15) is 62.7 Å². The summed E-state index contributed by atoms with van der Waals surface area (Å²) in [4.78, 5) is 138. The molecule has 0 aliphatic rings. The number of para-hydroxylation sites is 2. The lowest BCUT2D eigenvalue weighted by Crippen LogP contribution is -2.28. The highest BCUT2D eigenvalue weighted by Gasteiger charge is 2.30. The number of anilines is 10. The Kier molecular flexibility index (Phi) is 35.8. The van der Waals surface area contributed by atoms with Gasteiger partial charge < -0.3 is 37.4 Å². The number of aliphatic hydroxyl groups excluding tert-OH is 1. The maximum Gasteiger partial charge on any atom is 0.291 e. The lowest BCUT2D eigenvalue weighted by atomic mass is 10.0. The lowest BCUT2D eigenvalue weighted by Gasteiger charge is -2.16. The summed E-state index contributed by atoms with van der Waals surface area (Å²) in [7, 11) is 0. The number of halogens is 7. The van der Waals surface area contributed by atoms with Crippen LogP contribution in [0.3, 0.4) is 0 Å². The number of carbonyl (C=O) groups is 6. The number of amides is 1. The highest BCUT2D eigenvalue weighted by molar-refractivity contribution is 6.34. The monoisotopic (exact) mass is 1990 g/mol. The van der Waals surface area contributed by atoms with Crippen LogP contribution in [0.25, 0.3) is 56.3 Å². The van der Waals surface area contributed by atoms with Crippen molar-refractivity contribution in [3.05, 3.63) is 375 Å². The lowest BCUT2D eigenvalue weighted by molar-refractivity contribution is 0.0993. The molecule has 10 aromatic carbocycles. The predicted octanol–water partition coefficient (Wildman–Crippen LogP) is 21.9. The largest absolute Gasteiger partial charge is 0.392 e. The molecular formula is C103H90Cl6FN17O12. The molecule has 0 aliphatic heterocycles. The molecule has 15 rings (SSSR count). The van der Waals surface area contributed by atoms with E-state index in [4.69, 9.17) is 80.6 Å². The van der Waals surface area contributed by atoms with Gasteiger partial charge in [-0.15, -0.1) is 0 Å². The first-order chi connectivity index (χ1) is 66.5. The summed E-state index contributed by atoms with van der Waals surface area (Å²) in [5.74, 6) is -2.69. The molecule has 0 atom stereocenters. The molecule has 0 bridgehead atoms. The molecule has 0 unspecified atom stereocenters. The maximum atomic E-state index is 14.1. The van der Waals surface area contributed by atoms with Crippen LogP contribution in [-0.4, -0.2) is 88.8 Å². The summed E-state index contributed by atoms with van der Waals surface area (Å²) < 4.78 is 20.5. The van der Waals surface area contributed by atoms with Gasteiger partial charge in [0.25, 0.3) is 27.8 Å². The van der Waals surface area contributed by atoms with Crippen molar-refractivity contribution in [2.75, 3.05) is 26.6 Å². The van der Waals surface area contributed by atoms with Crippen LogP contribution in [0.2, 0.25) is 30.1 Å². The van der Waals surface area contributed by atoms with Gasteiger partial charge in [-0.3, -0.25) is 52.7 Å². The molecule has 0 saturated carbocycles. The minimum Gasteiger partial charge on any atom is -0.392 e. The fourth-order valence-electron chi connectivity index (χ4n) is 14.3. The number of aliphatic hydroxyl groups is 1. The summed E-state index contributed by atoms with van der Waals surface area (Å²) >= 11 is 36.7. The van der Waals surface area contributed by atoms with Gasteiger partial charge in [0.15, 0.2) is 28.9 Å². The highest BCUT2D eigenvalue weighted by Crippen LogP contribution is 2.37. The van der Waals surface area contributed by atoms with Crippen LogP contribution >= 0.6 is 69.6 Å². The van der Waals surface area contributed by atoms with Crippen molar-refractivity contribution in [1.82, 2.24) is 48.9 Å². The van der Waals surface area contributed by atoms with Gasteiger partial charge >= 0.3 is 0 Å². The molecule has 0 spiro atoms. The SMILES string of the molecule is CCn1nc(-c2cccc(Cl)c2)c(C(C)=O)c(Nc2ccc(CO)cc2)c1=O.CCn1nc(-c2cccc(Cl)c2)c(C(C)=O)c(Nc2cccc(C#N)c2)c1=O.CCn1nc(-c2cccc(Cl)c2)c(C(C)=O)c(Nc2cccc(C(N)=O)c2)c1=O.CCn1nc(-c2cccc(Cl)c2)c(C(C)=O)c(Nc2ccccc2Cl)c1=O.CCn1nc(-c2cccc(Cl)c2)c(C(C)=O)c(Nc2ccccc2F)c1=O. The molecule has 0 radical (unpaired) electrons. The molecule has 0 saturated heterocycles. The summed E-state index contributed by atoms with van der Waals surface area (Å²) in [6.45, 7) is 17.4. The average molecular weight is 1990 g/mol. The Morgan fingerprint density at radius 3 is 0.914 bits per heavy atom. The van der Waals surface area contributed by atoms with Gasteiger partial charge in [-0.2, -0.15) is 30.8 Å². The first-order valence-electron chi connectivity index (χ1n) is 43.1. The third kappa shape index (κ3) is 25.4. The van der Waals surface area contributed by atoms with Gasteiger partial charge in [0, 0.05) is 108 Å². The summed E-state index contributed by atoms with van der Waals surface area (Å²) in [5.41, 5.74) is 13.1. The summed E-state index contributed by atoms with van der Waals surface area (Å²) in [6.07, 6.45) is 0. The number of nitrogens with one attached hydrogen (secondary N) is 5. The van der Waals surface area contributed by atoms with Crippen molar-refractivity contribution in [2.24, 2.45) is 5.73 Å². The number of nitrogens with zero attached hydrogens (tertiary/aromatic N) is 11. The minimum atomic E-state index is -0.597. The van der Waals surface area contributed by atoms with Crippen molar-refractivity contribution in [2.45, 2.75) is 109 Å². The van der Waals surface area contributed by atoms with E-state index in [-0.39, 0.29) is 115 Å². The molecule has 139 heavy (non-hydrogen) atoms. The Balaban J connectivity index is 0.000000166. The molecule has 5 aromatic heterocycles. The van der Waals surface area contributed by atoms with Crippen molar-refractivity contribution >= 4 is 161 Å². The van der Waals surface area contributed by atoms with Crippen molar-refractivity contribution in [1.29, 1.82) is 5.26 Å². The fraction of sp³-hybridized carbons (Fsp3) is 0.155. The first kappa shape index (κ1) is 104. The van der Waals surface area contributed by atoms with E-state index in [1.165, 1.54) is 76.2 Å². The molecule has 5 heterocycles. The third-order valence-corrected chi connectivity index (χ3v) is 22.4. The van der Waals surface area contributed by atoms with Crippen molar-refractivity contribution < 1.29 is 38.3 Å². The van der Waals surface area contributed by atoms with Crippen LogP contribution in [0.1, 0.15) is 143 Å². The quantitative estimate of drug-likeness (QED) is 0.0235. The first-order valence-corrected chi connectivity index (χ1v) is 45.3. The van der Waals surface area contributed by atoms with E-state index in [0.29, 0.717) is 141 Å². The van der Waals surface area contributed by atoms with E-state index >= 15 is 0 Å². The number of rotatable bonds is 27. The fourth-order valence-corrected chi connectivity index (χ4v) is 15.5. The van der Waals surface area contributed by atoms with Crippen LogP contribution in [0.15, 0.2) is 267 Å². The zero-order chi connectivity index (χ0) is 101. The minimum absolute atomic E-state index is 0.0144. The number of nitriles is 1. The van der Waals surface area contributed by atoms with Crippen LogP contribution < -0.4 is 60.1 Å². The number of hydrogen-bond acceptors (Lipinski definition) is 23. The predicted molar refractivity (Wildman–Crippen MR) is 546 cm³/mol. The Labute approximate surface area is 826 Å². The van der Waals surface area contributed by atoms with E-state index in [9.17, 15) is 62.2 Å². The van der Waals surface area contributed by atoms with Crippen LogP contribution in [0.5, 0.6) is 0 Å². The second-order valence-electron chi connectivity index (χ2n) is 30.5. The molecule has 15 aromatic rings. The summed E-state index contributed by atoms with van der Waals surface area (Å²) in [5, 5.41) is 58.0. The van der Waals surface area contributed by atoms with E-state index < -0.39 is 34.0 Å². The van der Waals surface area contributed by atoms with Crippen molar-refractivity contribution in [3.63, 3.8) is 0 Å². The zero-order valence-corrected chi connectivity index (χ0v) is 81.0. The highest BCUT2D eigenvalue weighted by atomic mass is 35.5. The Morgan fingerprint density at radius 2 is 0.626 bits per heavy atom. The molecule has 36 heteroatoms. The van der Waals surface area contributed by atoms with Gasteiger partial charge in [-0.1, -0.05) is 179 Å². The zero-order valence-electron chi connectivity index (χ0n) is 76.4. The van der Waals surface area contributed by atoms with Gasteiger partial charge in [0.2, 0.25) is 5.91 Å². The Morgan fingerprint density at radius 1 is 0.345 bits per heavy atom. The number of nitrogens with two attached hydrogens (primary N) is 1. The Hall–Kier alpha value is -15.5. The molecule has 1 amide bonds. The number of carbonyl (C=O) groups excluding carboxylic acids is 6. The van der Waals surface area contributed by atoms with Gasteiger partial charge in [0.05, 0.1) is 62.5 Å². The van der Waals surface area contributed by atoms with Crippen molar-refractivity contribution in [3.8, 4) is 62.4 Å². The normalized spacial score (nSPS) is 10.6. The van der Waals surface area contributed by atoms with Gasteiger partial charge in [-0.05, 0) is 208 Å². The number of ketones is 5. The molecule has 0 fully saturated rings. The second kappa shape index (κ2) is 47.8. The second-order valence-corrected chi connectivity index (χ2v) is 33.1. The number of benzene rings is 10. The van der Waals surface area contributed by atoms with Crippen LogP contribution in [0, 0.1) is 17.1 Å². The number of aromatic nitrogens is 10. The maximum absolute atomic E-state index is 14.1. The molecular weight excluding hydrogens is 1900 g/mol.